The number of hydrogen-bond acceptors (Lipinski definition) is 6. The van der Waals surface area contributed by atoms with Crippen LogP contribution in [0, 0.1) is 0 Å². The molecule has 0 spiro atoms. The van der Waals surface area contributed by atoms with Gasteiger partial charge in [-0.15, -0.1) is 10.2 Å². The van der Waals surface area contributed by atoms with Crippen LogP contribution in [0.15, 0.2) is 24.3 Å². The van der Waals surface area contributed by atoms with Crippen LogP contribution in [0.2, 0.25) is 0 Å². The van der Waals surface area contributed by atoms with Gasteiger partial charge in [0.25, 0.3) is 11.8 Å². The molecule has 25 heavy (non-hydrogen) atoms. The topological polar surface area (TPSA) is 122 Å². The van der Waals surface area contributed by atoms with E-state index in [9.17, 15) is 24.3 Å². The second-order valence-corrected chi connectivity index (χ2v) is 5.22. The molecule has 1 aliphatic rings. The lowest BCUT2D eigenvalue weighted by molar-refractivity contribution is -0.170. The monoisotopic (exact) mass is 346 g/mol. The third-order valence-electron chi connectivity index (χ3n) is 3.72. The molecule has 1 fully saturated rings. The van der Waals surface area contributed by atoms with Gasteiger partial charge in [-0.25, -0.2) is 9.59 Å². The first-order valence-corrected chi connectivity index (χ1v) is 7.50. The van der Waals surface area contributed by atoms with E-state index in [2.05, 4.69) is 5.10 Å². The van der Waals surface area contributed by atoms with E-state index < -0.39 is 24.0 Å². The summed E-state index contributed by atoms with van der Waals surface area (Å²) in [5, 5.41) is 14.1. The number of imide groups is 1. The number of rotatable bonds is 3. The molecule has 1 aliphatic heterocycles. The summed E-state index contributed by atoms with van der Waals surface area (Å²) in [6, 6.07) is 6.47. The first kappa shape index (κ1) is 16.4. The lowest BCUT2D eigenvalue weighted by Crippen LogP contribution is -2.40. The maximum Gasteiger partial charge on any atom is 0.440 e. The maximum absolute atomic E-state index is 12.4. The van der Waals surface area contributed by atoms with Crippen molar-refractivity contribution in [3.05, 3.63) is 24.3 Å². The standard InChI is InChI=1S/C15H14N4O6/c1-2-17(15(24)25-19-11(20)7-8-12(19)21)13-9-5-3-4-6-10(9)18(16-13)14(22)23/h3-6H,2,7-8H2,1H3,(H,22,23). The second-order valence-electron chi connectivity index (χ2n) is 5.22. The maximum atomic E-state index is 12.4. The van der Waals surface area contributed by atoms with E-state index in [-0.39, 0.29) is 25.2 Å². The van der Waals surface area contributed by atoms with Crippen LogP contribution in [0.25, 0.3) is 10.9 Å². The number of amides is 3. The first-order chi connectivity index (χ1) is 11.9. The van der Waals surface area contributed by atoms with Crippen LogP contribution in [0.4, 0.5) is 15.4 Å². The van der Waals surface area contributed by atoms with E-state index >= 15 is 0 Å². The van der Waals surface area contributed by atoms with Crippen molar-refractivity contribution < 1.29 is 29.1 Å². The Morgan fingerprint density at radius 1 is 1.24 bits per heavy atom. The number of para-hydroxylation sites is 1. The van der Waals surface area contributed by atoms with E-state index in [1.165, 1.54) is 0 Å². The molecule has 3 amide bonds. The summed E-state index contributed by atoms with van der Waals surface area (Å²) >= 11 is 0. The molecule has 2 heterocycles. The predicted molar refractivity (Wildman–Crippen MR) is 83.7 cm³/mol. The summed E-state index contributed by atoms with van der Waals surface area (Å²) in [6.07, 6.45) is -2.34. The van der Waals surface area contributed by atoms with E-state index in [0.717, 1.165) is 9.58 Å². The summed E-state index contributed by atoms with van der Waals surface area (Å²) in [5.41, 5.74) is 0.296. The fraction of sp³-hybridized carbons (Fsp3) is 0.267. The molecule has 0 radical (unpaired) electrons. The average molecular weight is 346 g/mol. The Labute approximate surface area is 141 Å². The zero-order valence-corrected chi connectivity index (χ0v) is 13.2. The number of benzene rings is 1. The molecule has 1 aromatic heterocycles. The van der Waals surface area contributed by atoms with Crippen LogP contribution in [0.5, 0.6) is 0 Å². The summed E-state index contributed by atoms with van der Waals surface area (Å²) < 4.78 is 0.743. The molecule has 130 valence electrons. The minimum absolute atomic E-state index is 0.0190. The lowest BCUT2D eigenvalue weighted by Gasteiger charge is -2.20. The van der Waals surface area contributed by atoms with Gasteiger partial charge in [-0.3, -0.25) is 14.5 Å². The van der Waals surface area contributed by atoms with Crippen molar-refractivity contribution in [2.24, 2.45) is 0 Å². The highest BCUT2D eigenvalue weighted by atomic mass is 16.7. The predicted octanol–water partition coefficient (Wildman–Crippen LogP) is 1.59. The van der Waals surface area contributed by atoms with Crippen molar-refractivity contribution in [3.63, 3.8) is 0 Å². The van der Waals surface area contributed by atoms with Crippen LogP contribution in [-0.4, -0.2) is 50.5 Å². The first-order valence-electron chi connectivity index (χ1n) is 7.50. The van der Waals surface area contributed by atoms with Gasteiger partial charge < -0.3 is 9.94 Å². The van der Waals surface area contributed by atoms with Gasteiger partial charge in [0.15, 0.2) is 5.82 Å². The molecule has 1 saturated heterocycles. The molecule has 2 aromatic rings. The molecule has 0 saturated carbocycles. The Hall–Kier alpha value is -3.43. The molecule has 10 heteroatoms. The van der Waals surface area contributed by atoms with Gasteiger partial charge in [0.1, 0.15) is 0 Å². The molecule has 1 aromatic carbocycles. The molecule has 0 aliphatic carbocycles. The summed E-state index contributed by atoms with van der Waals surface area (Å²) in [4.78, 5) is 52.9. The van der Waals surface area contributed by atoms with Crippen molar-refractivity contribution in [1.29, 1.82) is 0 Å². The molecule has 1 N–H and O–H groups in total. The fourth-order valence-corrected chi connectivity index (χ4v) is 2.55. The number of hydroxylamine groups is 2. The normalized spacial score (nSPS) is 14.2. The lowest BCUT2D eigenvalue weighted by atomic mass is 10.2. The minimum Gasteiger partial charge on any atom is -0.463 e. The molecule has 0 bridgehead atoms. The van der Waals surface area contributed by atoms with Gasteiger partial charge in [0.2, 0.25) is 0 Å². The van der Waals surface area contributed by atoms with E-state index in [4.69, 9.17) is 4.84 Å². The molecule has 0 atom stereocenters. The number of aromatic nitrogens is 2. The van der Waals surface area contributed by atoms with Crippen LogP contribution in [-0.2, 0) is 14.4 Å². The van der Waals surface area contributed by atoms with Gasteiger partial charge in [-0.2, -0.15) is 4.68 Å². The van der Waals surface area contributed by atoms with Gasteiger partial charge in [0.05, 0.1) is 5.52 Å². The summed E-state index contributed by atoms with van der Waals surface area (Å²) in [7, 11) is 0. The van der Waals surface area contributed by atoms with Gasteiger partial charge in [-0.1, -0.05) is 12.1 Å². The number of fused-ring (bicyclic) bond motifs is 1. The highest BCUT2D eigenvalue weighted by Crippen LogP contribution is 2.27. The van der Waals surface area contributed by atoms with Crippen molar-refractivity contribution in [1.82, 2.24) is 14.8 Å². The smallest absolute Gasteiger partial charge is 0.440 e. The number of nitrogens with zero attached hydrogens (tertiary/aromatic N) is 4. The zero-order chi connectivity index (χ0) is 18.1. The van der Waals surface area contributed by atoms with Crippen LogP contribution in [0.1, 0.15) is 19.8 Å². The highest BCUT2D eigenvalue weighted by molar-refractivity contribution is 6.04. The molecular formula is C15H14N4O6. The molecule has 3 rings (SSSR count). The van der Waals surface area contributed by atoms with Crippen molar-refractivity contribution in [2.45, 2.75) is 19.8 Å². The number of anilines is 1. The molecule has 10 nitrogen and oxygen atoms in total. The Balaban J connectivity index is 1.97. The number of carbonyl (C=O) groups excluding carboxylic acids is 3. The SMILES string of the molecule is CCN(C(=O)ON1C(=O)CCC1=O)c1nn(C(=O)O)c2ccccc12. The quantitative estimate of drug-likeness (QED) is 0.837. The summed E-state index contributed by atoms with van der Waals surface area (Å²) in [6.45, 7) is 1.72. The van der Waals surface area contributed by atoms with Gasteiger partial charge in [-0.05, 0) is 19.1 Å². The van der Waals surface area contributed by atoms with E-state index in [1.54, 1.807) is 31.2 Å². The minimum atomic E-state index is -1.31. The van der Waals surface area contributed by atoms with Gasteiger partial charge in [0, 0.05) is 24.8 Å². The number of carboxylic acid groups (broad SMARTS) is 1. The van der Waals surface area contributed by atoms with E-state index in [0.29, 0.717) is 16.0 Å². The third-order valence-corrected chi connectivity index (χ3v) is 3.72. The number of carbonyl (C=O) groups is 4. The Morgan fingerprint density at radius 2 is 1.88 bits per heavy atom. The van der Waals surface area contributed by atoms with Crippen molar-refractivity contribution in [2.75, 3.05) is 11.4 Å². The fourth-order valence-electron chi connectivity index (χ4n) is 2.55. The van der Waals surface area contributed by atoms with Crippen LogP contribution < -0.4 is 4.90 Å². The highest BCUT2D eigenvalue weighted by Gasteiger charge is 2.35. The molecule has 0 unspecified atom stereocenters. The largest absolute Gasteiger partial charge is 0.463 e. The summed E-state index contributed by atoms with van der Waals surface area (Å²) in [5.74, 6) is -1.14. The Bertz CT molecular complexity index is 873. The number of hydrogen-bond donors (Lipinski definition) is 1. The van der Waals surface area contributed by atoms with Crippen LogP contribution >= 0.6 is 0 Å². The molecular weight excluding hydrogens is 332 g/mol. The van der Waals surface area contributed by atoms with Crippen molar-refractivity contribution in [3.8, 4) is 0 Å². The Morgan fingerprint density at radius 3 is 2.48 bits per heavy atom. The second kappa shape index (κ2) is 6.23. The Kier molecular flexibility index (Phi) is 4.09. The van der Waals surface area contributed by atoms with Crippen molar-refractivity contribution >= 4 is 40.7 Å². The van der Waals surface area contributed by atoms with E-state index in [1.807, 2.05) is 0 Å². The average Bonchev–Trinajstić information content (AvgIpc) is 3.12. The third kappa shape index (κ3) is 2.77. The van der Waals surface area contributed by atoms with Crippen LogP contribution in [0.3, 0.4) is 0 Å². The zero-order valence-electron chi connectivity index (χ0n) is 13.2. The van der Waals surface area contributed by atoms with Gasteiger partial charge >= 0.3 is 12.2 Å².